The number of hydrogen-bond acceptors (Lipinski definition) is 9. The van der Waals surface area contributed by atoms with E-state index in [0.29, 0.717) is 43.3 Å². The summed E-state index contributed by atoms with van der Waals surface area (Å²) in [6, 6.07) is 12.2. The number of hydrogen-bond donors (Lipinski definition) is 4. The highest BCUT2D eigenvalue weighted by molar-refractivity contribution is 7.81. The molecule has 2 aromatic carbocycles. The van der Waals surface area contributed by atoms with Crippen molar-refractivity contribution in [2.45, 2.75) is 45.4 Å². The van der Waals surface area contributed by atoms with Crippen LogP contribution < -0.4 is 20.1 Å². The molecule has 15 heteroatoms. The third-order valence-electron chi connectivity index (χ3n) is 6.20. The van der Waals surface area contributed by atoms with Gasteiger partial charge in [-0.15, -0.1) is 0 Å². The van der Waals surface area contributed by atoms with Crippen molar-refractivity contribution in [3.05, 3.63) is 70.9 Å². The number of ether oxygens (including phenoxy) is 2. The van der Waals surface area contributed by atoms with Gasteiger partial charge in [0.2, 0.25) is 11.8 Å². The van der Waals surface area contributed by atoms with Crippen LogP contribution in [-0.2, 0) is 30.0 Å². The van der Waals surface area contributed by atoms with Crippen LogP contribution in [0.3, 0.4) is 0 Å². The number of alkyl halides is 3. The van der Waals surface area contributed by atoms with E-state index in [9.17, 15) is 22.2 Å². The molecule has 4 rings (SSSR count). The second-order valence-corrected chi connectivity index (χ2v) is 11.0. The largest absolute Gasteiger partial charge is 0.495 e. The van der Waals surface area contributed by atoms with Crippen LogP contribution >= 0.6 is 0 Å². The molecule has 1 aliphatic rings. The van der Waals surface area contributed by atoms with Gasteiger partial charge in [-0.05, 0) is 49.8 Å². The van der Waals surface area contributed by atoms with Gasteiger partial charge in [-0.1, -0.05) is 38.1 Å². The van der Waals surface area contributed by atoms with E-state index >= 15 is 0 Å². The highest BCUT2D eigenvalue weighted by Gasteiger charge is 2.37. The normalized spacial score (nSPS) is 12.6. The highest BCUT2D eigenvalue weighted by Crippen LogP contribution is 2.37. The van der Waals surface area contributed by atoms with Gasteiger partial charge in [0.25, 0.3) is 5.91 Å². The van der Waals surface area contributed by atoms with E-state index in [2.05, 4.69) is 20.6 Å². The minimum atomic E-state index is -4.69. The second-order valence-electron chi connectivity index (χ2n) is 9.44. The van der Waals surface area contributed by atoms with Crippen LogP contribution in [0, 0.1) is 0 Å². The van der Waals surface area contributed by atoms with E-state index in [4.69, 9.17) is 19.7 Å². The Balaban J connectivity index is 0.000000936. The minimum Gasteiger partial charge on any atom is -0.495 e. The summed E-state index contributed by atoms with van der Waals surface area (Å²) in [7, 11) is 5.16. The Kier molecular flexibility index (Phi) is 17.8. The van der Waals surface area contributed by atoms with Gasteiger partial charge in [-0.3, -0.25) is 4.79 Å². The summed E-state index contributed by atoms with van der Waals surface area (Å²) in [5.74, 6) is -0.766. The summed E-state index contributed by atoms with van der Waals surface area (Å²) in [4.78, 5) is 20.1. The molecule has 11 nitrogen and oxygen atoms in total. The fraction of sp³-hybridized carbons (Fsp3) is 0.452. The number of amides is 1. The summed E-state index contributed by atoms with van der Waals surface area (Å²) < 4.78 is 63.8. The van der Waals surface area contributed by atoms with E-state index in [-0.39, 0.29) is 24.2 Å². The first kappa shape index (κ1) is 40.2. The van der Waals surface area contributed by atoms with Gasteiger partial charge < -0.3 is 30.3 Å². The third kappa shape index (κ3) is 12.5. The van der Waals surface area contributed by atoms with Crippen LogP contribution in [0.4, 0.5) is 24.8 Å². The van der Waals surface area contributed by atoms with Crippen LogP contribution in [0.2, 0.25) is 0 Å². The average molecular weight is 672 g/mol. The number of halogens is 3. The van der Waals surface area contributed by atoms with Gasteiger partial charge in [-0.2, -0.15) is 18.2 Å². The molecule has 1 unspecified atom stereocenters. The zero-order chi connectivity index (χ0) is 34.9. The molecule has 256 valence electrons. The molecular formula is C31H44F3N5O6S. The molecule has 4 N–H and O–H groups in total. The Bertz CT molecular complexity index is 1370. The number of nitrogens with one attached hydrogen (secondary N) is 2. The summed E-state index contributed by atoms with van der Waals surface area (Å²) in [5.41, 5.74) is 1.67. The Labute approximate surface area is 270 Å². The topological polar surface area (TPSA) is 146 Å². The molecule has 0 saturated heterocycles. The first-order valence-corrected chi connectivity index (χ1v) is 15.9. The number of methoxy groups -OCH3 is 1. The molecule has 3 aromatic rings. The number of carbonyl (C=O) groups is 1. The Hall–Kier alpha value is -3.79. The number of carbonyl (C=O) groups excluding carboxylic acids is 1. The van der Waals surface area contributed by atoms with Gasteiger partial charge in [-0.25, -0.2) is 13.5 Å². The zero-order valence-corrected chi connectivity index (χ0v) is 28.0. The fourth-order valence-electron chi connectivity index (χ4n) is 3.91. The van der Waals surface area contributed by atoms with Crippen molar-refractivity contribution in [3.63, 3.8) is 0 Å². The molecule has 46 heavy (non-hydrogen) atoms. The molecule has 0 saturated carbocycles. The van der Waals surface area contributed by atoms with Crippen molar-refractivity contribution < 1.29 is 41.9 Å². The molecule has 0 aliphatic heterocycles. The number of rotatable bonds is 10. The van der Waals surface area contributed by atoms with Crippen molar-refractivity contribution in [2.75, 3.05) is 53.0 Å². The summed E-state index contributed by atoms with van der Waals surface area (Å²) in [5, 5.41) is 21.4. The molecule has 0 radical (unpaired) electrons. The lowest BCUT2D eigenvalue weighted by Crippen LogP contribution is -2.25. The highest BCUT2D eigenvalue weighted by atomic mass is 32.2. The summed E-state index contributed by atoms with van der Waals surface area (Å²) in [6.07, 6.45) is -1.47. The maximum atomic E-state index is 13.6. The van der Waals surface area contributed by atoms with E-state index in [1.165, 1.54) is 25.3 Å². The zero-order valence-electron chi connectivity index (χ0n) is 27.1. The summed E-state index contributed by atoms with van der Waals surface area (Å²) >= 11 is 0. The maximum Gasteiger partial charge on any atom is 0.423 e. The lowest BCUT2D eigenvalue weighted by Gasteiger charge is -2.18. The number of nitrogens with zero attached hydrogens (tertiary/aromatic N) is 3. The molecule has 0 fully saturated rings. The number of anilines is 2. The lowest BCUT2D eigenvalue weighted by molar-refractivity contribution is -0.139. The third-order valence-corrected chi connectivity index (χ3v) is 7.22. The van der Waals surface area contributed by atoms with Crippen LogP contribution in [0.1, 0.15) is 47.3 Å². The van der Waals surface area contributed by atoms with Crippen molar-refractivity contribution >= 4 is 28.5 Å². The predicted octanol–water partition coefficient (Wildman–Crippen LogP) is 4.38. The maximum absolute atomic E-state index is 13.6. The number of benzene rings is 2. The SMILES string of the molecule is CC.CN(C)S(C)=O.CO.COc1cc(C(=O)NCCCO)ccc1Nc1ncc(C(F)(F)F)c(OC2Cc3ccccc3C2)n1. The van der Waals surface area contributed by atoms with E-state index in [0.717, 1.165) is 18.2 Å². The number of fused-ring (bicyclic) bond motifs is 1. The first-order valence-electron chi connectivity index (χ1n) is 14.4. The van der Waals surface area contributed by atoms with Gasteiger partial charge >= 0.3 is 6.18 Å². The van der Waals surface area contributed by atoms with Crippen LogP contribution in [-0.4, -0.2) is 88.4 Å². The van der Waals surface area contributed by atoms with Gasteiger partial charge in [0, 0.05) is 51.1 Å². The molecular weight excluding hydrogens is 627 g/mol. The Morgan fingerprint density at radius 3 is 2.20 bits per heavy atom. The minimum absolute atomic E-state index is 0.0427. The fourth-order valence-corrected chi connectivity index (χ4v) is 3.91. The van der Waals surface area contributed by atoms with Crippen molar-refractivity contribution in [2.24, 2.45) is 0 Å². The molecule has 1 atom stereocenters. The van der Waals surface area contributed by atoms with Crippen LogP contribution in [0.15, 0.2) is 48.7 Å². The monoisotopic (exact) mass is 671 g/mol. The van der Waals surface area contributed by atoms with Crippen LogP contribution in [0.5, 0.6) is 11.6 Å². The molecule has 1 amide bonds. The quantitative estimate of drug-likeness (QED) is 0.231. The molecule has 1 aliphatic carbocycles. The summed E-state index contributed by atoms with van der Waals surface area (Å²) in [6.45, 7) is 4.27. The van der Waals surface area contributed by atoms with E-state index in [1.807, 2.05) is 38.1 Å². The van der Waals surface area contributed by atoms with Crippen LogP contribution in [0.25, 0.3) is 0 Å². The Morgan fingerprint density at radius 1 is 1.11 bits per heavy atom. The smallest absolute Gasteiger partial charge is 0.423 e. The Morgan fingerprint density at radius 2 is 1.70 bits per heavy atom. The molecule has 0 spiro atoms. The van der Waals surface area contributed by atoms with Crippen molar-refractivity contribution in [3.8, 4) is 11.6 Å². The number of aromatic nitrogens is 2. The molecule has 1 aromatic heterocycles. The van der Waals surface area contributed by atoms with Gasteiger partial charge in [0.15, 0.2) is 0 Å². The van der Waals surface area contributed by atoms with E-state index in [1.54, 1.807) is 24.7 Å². The van der Waals surface area contributed by atoms with Crippen molar-refractivity contribution in [1.82, 2.24) is 19.6 Å². The molecule has 0 bridgehead atoms. The van der Waals surface area contributed by atoms with Gasteiger partial charge in [0.05, 0.1) is 23.8 Å². The standard InChI is InChI=1S/C25H25F3N4O4.C3H9NOS.C2H6.CH4O/c1-35-21-13-17(22(34)29-9-4-10-33)7-8-20(21)31-24-30-14-19(25(26,27)28)23(32-24)36-18-11-15-5-2-3-6-16(15)12-18;1-4(2)6(3)5;2*1-2/h2-3,5-8,13-14,18,33H,4,9-12H2,1H3,(H,29,34)(H,30,31,32);1-3H3;1-2H3;2H,1H3. The van der Waals surface area contributed by atoms with Gasteiger partial charge in [0.1, 0.15) is 17.4 Å². The lowest BCUT2D eigenvalue weighted by atomic mass is 10.1. The number of aliphatic hydroxyl groups excluding tert-OH is 2. The second kappa shape index (κ2) is 20.4. The van der Waals surface area contributed by atoms with E-state index < -0.39 is 34.7 Å². The van der Waals surface area contributed by atoms with Crippen molar-refractivity contribution in [1.29, 1.82) is 0 Å². The molecule has 1 heterocycles. The first-order chi connectivity index (χ1) is 21.9. The predicted molar refractivity (Wildman–Crippen MR) is 173 cm³/mol. The average Bonchev–Trinajstić information content (AvgIpc) is 3.45. The number of aliphatic hydroxyl groups is 2.